The molecule has 1 fully saturated rings. The number of benzene rings is 1. The number of hydrogen-bond donors (Lipinski definition) is 0. The van der Waals surface area contributed by atoms with Gasteiger partial charge in [-0.3, -0.25) is 0 Å². The predicted molar refractivity (Wildman–Crippen MR) is 68.2 cm³/mol. The van der Waals surface area contributed by atoms with Gasteiger partial charge < -0.3 is 0 Å². The summed E-state index contributed by atoms with van der Waals surface area (Å²) in [5.41, 5.74) is 1.50. The first kappa shape index (κ1) is 10.1. The Morgan fingerprint density at radius 2 is 1.88 bits per heavy atom. The minimum atomic E-state index is 0.931. The molecule has 0 heteroatoms. The van der Waals surface area contributed by atoms with E-state index >= 15 is 0 Å². The van der Waals surface area contributed by atoms with E-state index in [-0.39, 0.29) is 0 Å². The molecule has 0 spiro atoms. The van der Waals surface area contributed by atoms with Crippen molar-refractivity contribution in [3.63, 3.8) is 0 Å². The van der Waals surface area contributed by atoms with E-state index in [0.29, 0.717) is 0 Å². The first-order chi connectivity index (χ1) is 7.92. The third kappa shape index (κ3) is 2.07. The molecule has 84 valence electrons. The number of aryl methyl sites for hydroxylation is 1. The highest BCUT2D eigenvalue weighted by Crippen LogP contribution is 2.45. The van der Waals surface area contributed by atoms with Crippen molar-refractivity contribution < 1.29 is 0 Å². The molecule has 3 rings (SSSR count). The van der Waals surface area contributed by atoms with Crippen LogP contribution >= 0.6 is 0 Å². The van der Waals surface area contributed by atoms with Crippen LogP contribution in [0.25, 0.3) is 0 Å². The zero-order valence-corrected chi connectivity index (χ0v) is 9.81. The quantitative estimate of drug-likeness (QED) is 0.655. The fraction of sp³-hybridized carbons (Fsp3) is 0.500. The first-order valence-electron chi connectivity index (χ1n) is 6.64. The van der Waals surface area contributed by atoms with E-state index in [4.69, 9.17) is 0 Å². The van der Waals surface area contributed by atoms with Crippen LogP contribution in [0.3, 0.4) is 0 Å². The molecule has 3 atom stereocenters. The number of hydrogen-bond acceptors (Lipinski definition) is 0. The molecule has 2 aliphatic rings. The fourth-order valence-corrected chi connectivity index (χ4v) is 3.44. The molecule has 2 bridgehead atoms. The molecule has 0 nitrogen and oxygen atoms in total. The molecule has 16 heavy (non-hydrogen) atoms. The highest BCUT2D eigenvalue weighted by Gasteiger charge is 2.34. The SMILES string of the molecule is C1=CC2CC1CC2CCCc1ccccc1. The Labute approximate surface area is 98.4 Å². The van der Waals surface area contributed by atoms with Gasteiger partial charge in [0.15, 0.2) is 0 Å². The van der Waals surface area contributed by atoms with Gasteiger partial charge in [-0.05, 0) is 55.4 Å². The van der Waals surface area contributed by atoms with E-state index in [1.165, 1.54) is 37.7 Å². The van der Waals surface area contributed by atoms with Gasteiger partial charge in [0.1, 0.15) is 0 Å². The summed E-state index contributed by atoms with van der Waals surface area (Å²) in [5.74, 6) is 2.87. The predicted octanol–water partition coefficient (Wildman–Crippen LogP) is 4.22. The lowest BCUT2D eigenvalue weighted by molar-refractivity contribution is 0.404. The molecule has 2 aliphatic carbocycles. The second-order valence-corrected chi connectivity index (χ2v) is 5.42. The Balaban J connectivity index is 1.46. The van der Waals surface area contributed by atoms with Crippen LogP contribution in [-0.4, -0.2) is 0 Å². The molecule has 0 N–H and O–H groups in total. The summed E-state index contributed by atoms with van der Waals surface area (Å²) >= 11 is 0. The minimum Gasteiger partial charge on any atom is -0.0851 e. The Hall–Kier alpha value is -1.04. The van der Waals surface area contributed by atoms with Crippen LogP contribution in [-0.2, 0) is 6.42 Å². The maximum absolute atomic E-state index is 2.47. The Kier molecular flexibility index (Phi) is 2.82. The lowest BCUT2D eigenvalue weighted by atomic mass is 9.88. The first-order valence-corrected chi connectivity index (χ1v) is 6.64. The van der Waals surface area contributed by atoms with Crippen LogP contribution in [0.4, 0.5) is 0 Å². The van der Waals surface area contributed by atoms with E-state index in [9.17, 15) is 0 Å². The van der Waals surface area contributed by atoms with Crippen LogP contribution in [0.2, 0.25) is 0 Å². The van der Waals surface area contributed by atoms with Crippen LogP contribution in [0, 0.1) is 17.8 Å². The number of rotatable bonds is 4. The van der Waals surface area contributed by atoms with Crippen LogP contribution in [0.15, 0.2) is 42.5 Å². The molecular formula is C16H20. The van der Waals surface area contributed by atoms with E-state index in [1.807, 2.05) is 0 Å². The van der Waals surface area contributed by atoms with Crippen molar-refractivity contribution in [3.8, 4) is 0 Å². The fourth-order valence-electron chi connectivity index (χ4n) is 3.44. The minimum absolute atomic E-state index is 0.931. The van der Waals surface area contributed by atoms with Crippen molar-refractivity contribution in [2.24, 2.45) is 17.8 Å². The van der Waals surface area contributed by atoms with Crippen molar-refractivity contribution in [1.29, 1.82) is 0 Å². The van der Waals surface area contributed by atoms with Gasteiger partial charge in [-0.2, -0.15) is 0 Å². The third-order valence-electron chi connectivity index (χ3n) is 4.30. The molecule has 0 amide bonds. The summed E-state index contributed by atoms with van der Waals surface area (Å²) in [6, 6.07) is 10.9. The van der Waals surface area contributed by atoms with E-state index in [1.54, 1.807) is 0 Å². The molecule has 1 aromatic rings. The van der Waals surface area contributed by atoms with Crippen molar-refractivity contribution in [2.75, 3.05) is 0 Å². The highest BCUT2D eigenvalue weighted by atomic mass is 14.4. The van der Waals surface area contributed by atoms with Gasteiger partial charge in [-0.25, -0.2) is 0 Å². The van der Waals surface area contributed by atoms with Gasteiger partial charge in [0.05, 0.1) is 0 Å². The van der Waals surface area contributed by atoms with Gasteiger partial charge >= 0.3 is 0 Å². The topological polar surface area (TPSA) is 0 Å². The maximum atomic E-state index is 2.47. The van der Waals surface area contributed by atoms with Gasteiger partial charge in [0, 0.05) is 0 Å². The summed E-state index contributed by atoms with van der Waals surface area (Å²) in [4.78, 5) is 0. The largest absolute Gasteiger partial charge is 0.0851 e. The van der Waals surface area contributed by atoms with Gasteiger partial charge in [0.2, 0.25) is 0 Å². The number of fused-ring (bicyclic) bond motifs is 2. The summed E-state index contributed by atoms with van der Waals surface area (Å²) in [6.45, 7) is 0. The molecule has 0 saturated heterocycles. The van der Waals surface area contributed by atoms with Crippen molar-refractivity contribution >= 4 is 0 Å². The van der Waals surface area contributed by atoms with E-state index in [0.717, 1.165) is 17.8 Å². The van der Waals surface area contributed by atoms with Crippen LogP contribution < -0.4 is 0 Å². The van der Waals surface area contributed by atoms with Gasteiger partial charge in [-0.1, -0.05) is 42.5 Å². The molecule has 0 aromatic heterocycles. The van der Waals surface area contributed by atoms with Crippen LogP contribution in [0.1, 0.15) is 31.2 Å². The van der Waals surface area contributed by atoms with Crippen molar-refractivity contribution in [2.45, 2.75) is 32.1 Å². The second-order valence-electron chi connectivity index (χ2n) is 5.42. The average Bonchev–Trinajstić information content (AvgIpc) is 2.92. The molecule has 0 heterocycles. The van der Waals surface area contributed by atoms with Crippen molar-refractivity contribution in [1.82, 2.24) is 0 Å². The Morgan fingerprint density at radius 1 is 1.00 bits per heavy atom. The third-order valence-corrected chi connectivity index (χ3v) is 4.30. The summed E-state index contributed by atoms with van der Waals surface area (Å²) < 4.78 is 0. The van der Waals surface area contributed by atoms with Gasteiger partial charge in [0.25, 0.3) is 0 Å². The molecule has 0 aliphatic heterocycles. The zero-order chi connectivity index (χ0) is 10.8. The number of allylic oxidation sites excluding steroid dienone is 2. The highest BCUT2D eigenvalue weighted by molar-refractivity contribution is 5.15. The smallest absolute Gasteiger partial charge is 0.0199 e. The molecule has 1 aromatic carbocycles. The summed E-state index contributed by atoms with van der Waals surface area (Å²) in [5, 5.41) is 0. The monoisotopic (exact) mass is 212 g/mol. The molecule has 1 saturated carbocycles. The van der Waals surface area contributed by atoms with E-state index < -0.39 is 0 Å². The maximum Gasteiger partial charge on any atom is -0.0199 e. The molecular weight excluding hydrogens is 192 g/mol. The summed E-state index contributed by atoms with van der Waals surface area (Å²) in [6.07, 6.45) is 11.9. The van der Waals surface area contributed by atoms with E-state index in [2.05, 4.69) is 42.5 Å². The van der Waals surface area contributed by atoms with Crippen molar-refractivity contribution in [3.05, 3.63) is 48.0 Å². The standard InChI is InChI=1S/C16H20/c1-2-5-13(6-3-1)7-4-8-15-11-14-9-10-16(15)12-14/h1-3,5-6,9-10,14-16H,4,7-8,11-12H2. The molecule has 3 unspecified atom stereocenters. The normalized spacial score (nSPS) is 31.1. The Bertz CT molecular complexity index is 363. The molecule has 0 radical (unpaired) electrons. The van der Waals surface area contributed by atoms with Crippen LogP contribution in [0.5, 0.6) is 0 Å². The average molecular weight is 212 g/mol. The lowest BCUT2D eigenvalue weighted by Crippen LogP contribution is -2.07. The zero-order valence-electron chi connectivity index (χ0n) is 9.81. The second kappa shape index (κ2) is 4.45. The Morgan fingerprint density at radius 3 is 2.56 bits per heavy atom. The van der Waals surface area contributed by atoms with Gasteiger partial charge in [-0.15, -0.1) is 0 Å². The summed E-state index contributed by atoms with van der Waals surface area (Å²) in [7, 11) is 0. The lowest BCUT2D eigenvalue weighted by Gasteiger charge is -2.17.